The van der Waals surface area contributed by atoms with Crippen LogP contribution in [0, 0.1) is 6.92 Å². The molecule has 0 atom stereocenters. The molecule has 0 spiro atoms. The largest absolute Gasteiger partial charge is 0.495 e. The van der Waals surface area contributed by atoms with Gasteiger partial charge in [-0.3, -0.25) is 4.79 Å². The Kier molecular flexibility index (Phi) is 6.59. The number of carbonyl (C=O) groups is 1. The van der Waals surface area contributed by atoms with Gasteiger partial charge in [-0.15, -0.1) is 11.3 Å². The van der Waals surface area contributed by atoms with Gasteiger partial charge in [0.05, 0.1) is 17.8 Å². The number of hydrogen-bond acceptors (Lipinski definition) is 6. The number of rotatable bonds is 6. The Morgan fingerprint density at radius 2 is 1.81 bits per heavy atom. The van der Waals surface area contributed by atoms with Crippen molar-refractivity contribution in [3.63, 3.8) is 0 Å². The number of nitrogens with one attached hydrogen (secondary N) is 1. The lowest BCUT2D eigenvalue weighted by Crippen LogP contribution is -2.35. The predicted octanol–water partition coefficient (Wildman–Crippen LogP) is 4.55. The van der Waals surface area contributed by atoms with Crippen LogP contribution in [0.5, 0.6) is 5.75 Å². The van der Waals surface area contributed by atoms with Gasteiger partial charge in [0.2, 0.25) is 10.0 Å². The van der Waals surface area contributed by atoms with Gasteiger partial charge in [0.1, 0.15) is 15.5 Å². The molecule has 1 aromatic heterocycles. The van der Waals surface area contributed by atoms with Gasteiger partial charge in [-0.05, 0) is 38.0 Å². The number of methoxy groups -OCH3 is 1. The summed E-state index contributed by atoms with van der Waals surface area (Å²) in [6, 6.07) is 14.2. The molecule has 2 heterocycles. The highest BCUT2D eigenvalue weighted by Gasteiger charge is 2.29. The zero-order valence-corrected chi connectivity index (χ0v) is 19.6. The SMILES string of the molecule is COc1ccc(NC(=O)c2sc(C)nc2-c2ccccc2)cc1S(=O)(=O)N1CCCCC1. The lowest BCUT2D eigenvalue weighted by atomic mass is 10.1. The third-order valence-corrected chi connectivity index (χ3v) is 8.23. The number of carbonyl (C=O) groups excluding carboxylic acids is 1. The van der Waals surface area contributed by atoms with Crippen molar-refractivity contribution >= 4 is 33.0 Å². The molecule has 0 bridgehead atoms. The molecule has 9 heteroatoms. The van der Waals surface area contributed by atoms with E-state index in [2.05, 4.69) is 10.3 Å². The second-order valence-electron chi connectivity index (χ2n) is 7.56. The van der Waals surface area contributed by atoms with E-state index in [1.54, 1.807) is 12.1 Å². The number of piperidine rings is 1. The van der Waals surface area contributed by atoms with E-state index in [1.165, 1.54) is 28.8 Å². The number of thiazole rings is 1. The molecule has 1 aliphatic heterocycles. The van der Waals surface area contributed by atoms with Crippen molar-refractivity contribution < 1.29 is 17.9 Å². The molecule has 0 radical (unpaired) electrons. The van der Waals surface area contributed by atoms with Crippen LogP contribution in [0.3, 0.4) is 0 Å². The third-order valence-electron chi connectivity index (χ3n) is 5.34. The monoisotopic (exact) mass is 471 g/mol. The van der Waals surface area contributed by atoms with Crippen molar-refractivity contribution in [2.24, 2.45) is 0 Å². The molecule has 1 aliphatic rings. The number of aryl methyl sites for hydroxylation is 1. The molecule has 32 heavy (non-hydrogen) atoms. The second-order valence-corrected chi connectivity index (χ2v) is 10.7. The van der Waals surface area contributed by atoms with Gasteiger partial charge >= 0.3 is 0 Å². The van der Waals surface area contributed by atoms with Gasteiger partial charge in [-0.25, -0.2) is 13.4 Å². The van der Waals surface area contributed by atoms with E-state index in [1.807, 2.05) is 37.3 Å². The van der Waals surface area contributed by atoms with Crippen molar-refractivity contribution in [3.05, 3.63) is 58.4 Å². The lowest BCUT2D eigenvalue weighted by Gasteiger charge is -2.26. The molecular formula is C23H25N3O4S2. The first-order chi connectivity index (χ1) is 15.4. The average Bonchev–Trinajstić information content (AvgIpc) is 3.22. The minimum absolute atomic E-state index is 0.0588. The first kappa shape index (κ1) is 22.4. The highest BCUT2D eigenvalue weighted by molar-refractivity contribution is 7.89. The molecule has 1 amide bonds. The Balaban J connectivity index is 1.65. The molecular weight excluding hydrogens is 446 g/mol. The lowest BCUT2D eigenvalue weighted by molar-refractivity contribution is 0.103. The summed E-state index contributed by atoms with van der Waals surface area (Å²) in [4.78, 5) is 18.2. The van der Waals surface area contributed by atoms with Gasteiger partial charge in [0.25, 0.3) is 5.91 Å². The van der Waals surface area contributed by atoms with E-state index in [0.717, 1.165) is 29.8 Å². The van der Waals surface area contributed by atoms with Crippen LogP contribution in [-0.4, -0.2) is 43.8 Å². The minimum Gasteiger partial charge on any atom is -0.495 e. The highest BCUT2D eigenvalue weighted by Crippen LogP contribution is 2.33. The first-order valence-corrected chi connectivity index (χ1v) is 12.7. The number of aromatic nitrogens is 1. The summed E-state index contributed by atoms with van der Waals surface area (Å²) in [5, 5.41) is 3.62. The van der Waals surface area contributed by atoms with Crippen LogP contribution in [0.15, 0.2) is 53.4 Å². The van der Waals surface area contributed by atoms with Gasteiger partial charge in [0.15, 0.2) is 0 Å². The zero-order chi connectivity index (χ0) is 22.7. The summed E-state index contributed by atoms with van der Waals surface area (Å²) < 4.78 is 33.3. The summed E-state index contributed by atoms with van der Waals surface area (Å²) in [7, 11) is -2.29. The molecule has 0 aliphatic carbocycles. The third kappa shape index (κ3) is 4.55. The predicted molar refractivity (Wildman–Crippen MR) is 126 cm³/mol. The molecule has 1 fully saturated rings. The fourth-order valence-corrected chi connectivity index (χ4v) is 6.30. The first-order valence-electron chi connectivity index (χ1n) is 10.4. The number of hydrogen-bond donors (Lipinski definition) is 1. The summed E-state index contributed by atoms with van der Waals surface area (Å²) in [5.41, 5.74) is 1.85. The summed E-state index contributed by atoms with van der Waals surface area (Å²) in [6.45, 7) is 2.83. The normalized spacial score (nSPS) is 14.8. The van der Waals surface area contributed by atoms with Crippen molar-refractivity contribution in [2.45, 2.75) is 31.1 Å². The van der Waals surface area contributed by atoms with Crippen molar-refractivity contribution in [3.8, 4) is 17.0 Å². The summed E-state index contributed by atoms with van der Waals surface area (Å²) in [6.07, 6.45) is 2.70. The number of amides is 1. The smallest absolute Gasteiger partial charge is 0.268 e. The van der Waals surface area contributed by atoms with E-state index in [4.69, 9.17) is 4.74 Å². The van der Waals surface area contributed by atoms with Gasteiger partial charge in [0, 0.05) is 24.3 Å². The second kappa shape index (κ2) is 9.40. The number of anilines is 1. The van der Waals surface area contributed by atoms with Crippen molar-refractivity contribution in [1.29, 1.82) is 0 Å². The molecule has 7 nitrogen and oxygen atoms in total. The van der Waals surface area contributed by atoms with Crippen LogP contribution in [0.25, 0.3) is 11.3 Å². The molecule has 2 aromatic carbocycles. The summed E-state index contributed by atoms with van der Waals surface area (Å²) >= 11 is 1.30. The molecule has 0 saturated carbocycles. The van der Waals surface area contributed by atoms with Gasteiger partial charge in [-0.1, -0.05) is 36.8 Å². The maximum absolute atomic E-state index is 13.2. The number of sulfonamides is 1. The zero-order valence-electron chi connectivity index (χ0n) is 18.0. The van der Waals surface area contributed by atoms with Crippen molar-refractivity contribution in [2.75, 3.05) is 25.5 Å². The Morgan fingerprint density at radius 1 is 1.09 bits per heavy atom. The molecule has 168 valence electrons. The van der Waals surface area contributed by atoms with Crippen LogP contribution in [0.1, 0.15) is 33.9 Å². The molecule has 0 unspecified atom stereocenters. The van der Waals surface area contributed by atoms with Crippen LogP contribution in [0.2, 0.25) is 0 Å². The van der Waals surface area contributed by atoms with Gasteiger partial charge in [-0.2, -0.15) is 4.31 Å². The van der Waals surface area contributed by atoms with E-state index in [9.17, 15) is 13.2 Å². The maximum Gasteiger partial charge on any atom is 0.268 e. The summed E-state index contributed by atoms with van der Waals surface area (Å²) in [5.74, 6) is -0.0758. The Hall–Kier alpha value is -2.75. The van der Waals surface area contributed by atoms with Gasteiger partial charge < -0.3 is 10.1 Å². The molecule has 3 aromatic rings. The Morgan fingerprint density at radius 3 is 2.50 bits per heavy atom. The highest BCUT2D eigenvalue weighted by atomic mass is 32.2. The quantitative estimate of drug-likeness (QED) is 0.570. The standard InChI is InChI=1S/C23H25N3O4S2/c1-16-24-21(17-9-5-3-6-10-17)22(31-16)23(27)25-18-11-12-19(30-2)20(15-18)32(28,29)26-13-7-4-8-14-26/h3,5-6,9-12,15H,4,7-8,13-14H2,1-2H3,(H,25,27). The van der Waals surface area contributed by atoms with Crippen molar-refractivity contribution in [1.82, 2.24) is 9.29 Å². The number of nitrogens with zero attached hydrogens (tertiary/aromatic N) is 2. The average molecular weight is 472 g/mol. The van der Waals surface area contributed by atoms with E-state index in [0.29, 0.717) is 29.3 Å². The van der Waals surface area contributed by atoms with Crippen LogP contribution < -0.4 is 10.1 Å². The Bertz CT molecular complexity index is 1220. The molecule has 4 rings (SSSR count). The van der Waals surface area contributed by atoms with E-state index >= 15 is 0 Å². The molecule has 1 saturated heterocycles. The van der Waals surface area contributed by atoms with E-state index < -0.39 is 10.0 Å². The minimum atomic E-state index is -3.73. The Labute approximate surface area is 192 Å². The topological polar surface area (TPSA) is 88.6 Å². The van der Waals surface area contributed by atoms with Crippen LogP contribution in [0.4, 0.5) is 5.69 Å². The fraction of sp³-hybridized carbons (Fsp3) is 0.304. The van der Waals surface area contributed by atoms with E-state index in [-0.39, 0.29) is 16.6 Å². The number of ether oxygens (including phenoxy) is 1. The van der Waals surface area contributed by atoms with Crippen LogP contribution in [-0.2, 0) is 10.0 Å². The van der Waals surface area contributed by atoms with Crippen LogP contribution >= 0.6 is 11.3 Å². The fourth-order valence-electron chi connectivity index (χ4n) is 3.76. The molecule has 1 N–H and O–H groups in total. The number of benzene rings is 2. The maximum atomic E-state index is 13.2.